The van der Waals surface area contributed by atoms with Gasteiger partial charge in [-0.25, -0.2) is 8.78 Å². The van der Waals surface area contributed by atoms with E-state index in [4.69, 9.17) is 0 Å². The van der Waals surface area contributed by atoms with Crippen LogP contribution in [0.3, 0.4) is 0 Å². The molecule has 0 atom stereocenters. The van der Waals surface area contributed by atoms with Gasteiger partial charge < -0.3 is 0 Å². The molecule has 2 heterocycles. The standard InChI is InChI=1S/C22H10F2S2/c23-11-1-3-13-17(9-11)15-5-7-25-21(15)19(13)20-14-4-2-12(24)10-18(14)16-6-8-26-22(16)20/h1-10H/b20-19+. The van der Waals surface area contributed by atoms with E-state index in [0.29, 0.717) is 0 Å². The van der Waals surface area contributed by atoms with Gasteiger partial charge in [0.25, 0.3) is 0 Å². The fourth-order valence-corrected chi connectivity index (χ4v) is 6.04. The van der Waals surface area contributed by atoms with Crippen molar-refractivity contribution in [1.29, 1.82) is 0 Å². The second-order valence-corrected chi connectivity index (χ2v) is 8.29. The first kappa shape index (κ1) is 14.6. The van der Waals surface area contributed by atoms with Crippen molar-refractivity contribution in [2.45, 2.75) is 0 Å². The summed E-state index contributed by atoms with van der Waals surface area (Å²) < 4.78 is 27.8. The van der Waals surface area contributed by atoms with Crippen molar-refractivity contribution in [2.75, 3.05) is 0 Å². The lowest BCUT2D eigenvalue weighted by Gasteiger charge is -2.09. The molecule has 2 aliphatic carbocycles. The monoisotopic (exact) mass is 376 g/mol. The van der Waals surface area contributed by atoms with Crippen molar-refractivity contribution in [3.63, 3.8) is 0 Å². The molecule has 0 saturated carbocycles. The molecule has 0 radical (unpaired) electrons. The molecule has 4 heteroatoms. The Hall–Kier alpha value is -2.56. The molecular weight excluding hydrogens is 366 g/mol. The van der Waals surface area contributed by atoms with Gasteiger partial charge >= 0.3 is 0 Å². The van der Waals surface area contributed by atoms with Gasteiger partial charge in [-0.2, -0.15) is 0 Å². The van der Waals surface area contributed by atoms with E-state index in [2.05, 4.69) is 22.9 Å². The summed E-state index contributed by atoms with van der Waals surface area (Å²) in [5, 5.41) is 4.10. The minimum atomic E-state index is -0.224. The van der Waals surface area contributed by atoms with Crippen LogP contribution in [0.15, 0.2) is 59.3 Å². The molecule has 0 nitrogen and oxygen atoms in total. The summed E-state index contributed by atoms with van der Waals surface area (Å²) in [4.78, 5) is 2.33. The summed E-state index contributed by atoms with van der Waals surface area (Å²) in [7, 11) is 0. The number of hydrogen-bond acceptors (Lipinski definition) is 2. The van der Waals surface area contributed by atoms with Crippen LogP contribution >= 0.6 is 22.7 Å². The highest BCUT2D eigenvalue weighted by atomic mass is 32.1. The molecule has 2 aromatic heterocycles. The first-order valence-corrected chi connectivity index (χ1v) is 9.99. The van der Waals surface area contributed by atoms with Crippen LogP contribution in [0.2, 0.25) is 0 Å². The molecule has 2 aromatic carbocycles. The van der Waals surface area contributed by atoms with Gasteiger partial charge in [-0.05, 0) is 69.4 Å². The van der Waals surface area contributed by atoms with E-state index in [1.165, 1.54) is 12.1 Å². The fraction of sp³-hybridized carbons (Fsp3) is 0. The number of hydrogen-bond donors (Lipinski definition) is 0. The van der Waals surface area contributed by atoms with Crippen LogP contribution in [-0.2, 0) is 0 Å². The largest absolute Gasteiger partial charge is 0.207 e. The SMILES string of the molecule is Fc1ccc2c(c1)-c1ccsc1/C2=C1\c2ccc(F)cc2-c2ccsc21. The van der Waals surface area contributed by atoms with Gasteiger partial charge in [-0.1, -0.05) is 12.1 Å². The predicted octanol–water partition coefficient (Wildman–Crippen LogP) is 7.06. The zero-order valence-corrected chi connectivity index (χ0v) is 15.0. The summed E-state index contributed by atoms with van der Waals surface area (Å²) in [6.07, 6.45) is 0. The third-order valence-electron chi connectivity index (χ3n) is 5.12. The second-order valence-electron chi connectivity index (χ2n) is 6.46. The molecule has 124 valence electrons. The van der Waals surface area contributed by atoms with Crippen molar-refractivity contribution in [3.8, 4) is 22.3 Å². The lowest BCUT2D eigenvalue weighted by Crippen LogP contribution is -1.89. The molecule has 0 saturated heterocycles. The third-order valence-corrected chi connectivity index (χ3v) is 6.98. The number of benzene rings is 2. The quantitative estimate of drug-likeness (QED) is 0.266. The maximum Gasteiger partial charge on any atom is 0.123 e. The molecule has 6 rings (SSSR count). The molecule has 0 unspecified atom stereocenters. The Morgan fingerprint density at radius 3 is 1.42 bits per heavy atom. The van der Waals surface area contributed by atoms with Crippen molar-refractivity contribution in [2.24, 2.45) is 0 Å². The van der Waals surface area contributed by atoms with Crippen LogP contribution in [0.25, 0.3) is 33.4 Å². The Bertz CT molecular complexity index is 1160. The van der Waals surface area contributed by atoms with Crippen LogP contribution in [0.1, 0.15) is 20.9 Å². The maximum absolute atomic E-state index is 13.9. The Labute approximate surface area is 156 Å². The Balaban J connectivity index is 1.78. The van der Waals surface area contributed by atoms with Crippen LogP contribution in [-0.4, -0.2) is 0 Å². The Kier molecular flexibility index (Phi) is 2.80. The van der Waals surface area contributed by atoms with E-state index >= 15 is 0 Å². The van der Waals surface area contributed by atoms with Crippen LogP contribution < -0.4 is 0 Å². The van der Waals surface area contributed by atoms with E-state index in [-0.39, 0.29) is 11.6 Å². The van der Waals surface area contributed by atoms with E-state index in [1.807, 2.05) is 12.1 Å². The molecule has 26 heavy (non-hydrogen) atoms. The number of halogens is 2. The topological polar surface area (TPSA) is 0 Å². The van der Waals surface area contributed by atoms with Gasteiger partial charge in [-0.15, -0.1) is 22.7 Å². The van der Waals surface area contributed by atoms with Gasteiger partial charge in [0.05, 0.1) is 0 Å². The summed E-state index contributed by atoms with van der Waals surface area (Å²) in [6, 6.07) is 14.1. The molecule has 0 aliphatic heterocycles. The normalized spacial score (nSPS) is 16.4. The predicted molar refractivity (Wildman–Crippen MR) is 104 cm³/mol. The minimum absolute atomic E-state index is 0.224. The average Bonchev–Trinajstić information content (AvgIpc) is 3.36. The lowest BCUT2D eigenvalue weighted by atomic mass is 9.97. The number of rotatable bonds is 0. The second kappa shape index (κ2) is 5.00. The molecule has 4 aromatic rings. The third kappa shape index (κ3) is 1.76. The van der Waals surface area contributed by atoms with Crippen LogP contribution in [0.4, 0.5) is 8.78 Å². The van der Waals surface area contributed by atoms with Crippen LogP contribution in [0, 0.1) is 11.6 Å². The van der Waals surface area contributed by atoms with Crippen molar-refractivity contribution in [3.05, 3.63) is 91.8 Å². The molecule has 0 amide bonds. The smallest absolute Gasteiger partial charge is 0.123 e. The van der Waals surface area contributed by atoms with Gasteiger partial charge in [0.15, 0.2) is 0 Å². The summed E-state index contributed by atoms with van der Waals surface area (Å²) in [6.45, 7) is 0. The molecule has 0 bridgehead atoms. The summed E-state index contributed by atoms with van der Waals surface area (Å²) >= 11 is 3.35. The Morgan fingerprint density at radius 1 is 0.500 bits per heavy atom. The van der Waals surface area contributed by atoms with Gasteiger partial charge in [0.1, 0.15) is 11.6 Å². The highest BCUT2D eigenvalue weighted by Crippen LogP contribution is 2.56. The van der Waals surface area contributed by atoms with Crippen LogP contribution in [0.5, 0.6) is 0 Å². The van der Waals surface area contributed by atoms with E-state index < -0.39 is 0 Å². The zero-order valence-electron chi connectivity index (χ0n) is 13.3. The minimum Gasteiger partial charge on any atom is -0.207 e. The zero-order chi connectivity index (χ0) is 17.4. The number of thiophene rings is 2. The molecule has 0 N–H and O–H groups in total. The van der Waals surface area contributed by atoms with E-state index in [9.17, 15) is 8.78 Å². The maximum atomic E-state index is 13.9. The Morgan fingerprint density at radius 2 is 0.962 bits per heavy atom. The lowest BCUT2D eigenvalue weighted by molar-refractivity contribution is 0.628. The molecule has 0 fully saturated rings. The molecular formula is C22H10F2S2. The van der Waals surface area contributed by atoms with Crippen molar-refractivity contribution >= 4 is 33.8 Å². The molecule has 2 aliphatic rings. The highest BCUT2D eigenvalue weighted by Gasteiger charge is 2.34. The van der Waals surface area contributed by atoms with Gasteiger partial charge in [0, 0.05) is 32.0 Å². The summed E-state index contributed by atoms with van der Waals surface area (Å²) in [5.41, 5.74) is 8.44. The van der Waals surface area contributed by atoms with E-state index in [1.54, 1.807) is 34.8 Å². The highest BCUT2D eigenvalue weighted by molar-refractivity contribution is 7.13. The van der Waals surface area contributed by atoms with Crippen molar-refractivity contribution < 1.29 is 8.78 Å². The van der Waals surface area contributed by atoms with E-state index in [0.717, 1.165) is 54.3 Å². The van der Waals surface area contributed by atoms with Crippen molar-refractivity contribution in [1.82, 2.24) is 0 Å². The fourth-order valence-electron chi connectivity index (χ4n) is 4.09. The first-order valence-electron chi connectivity index (χ1n) is 8.23. The average molecular weight is 376 g/mol. The van der Waals surface area contributed by atoms with Gasteiger partial charge in [0.2, 0.25) is 0 Å². The van der Waals surface area contributed by atoms with Gasteiger partial charge in [-0.3, -0.25) is 0 Å². The summed E-state index contributed by atoms with van der Waals surface area (Å²) in [5.74, 6) is -0.448. The first-order chi connectivity index (χ1) is 12.7. The number of fused-ring (bicyclic) bond motifs is 6. The molecule has 0 spiro atoms.